The lowest BCUT2D eigenvalue weighted by Gasteiger charge is -2.21. The van der Waals surface area contributed by atoms with Crippen molar-refractivity contribution in [2.45, 2.75) is 19.6 Å². The first-order valence-electron chi connectivity index (χ1n) is 7.19. The molecule has 0 aliphatic heterocycles. The molecule has 2 rings (SSSR count). The van der Waals surface area contributed by atoms with Crippen LogP contribution < -0.4 is 0 Å². The van der Waals surface area contributed by atoms with Crippen LogP contribution in [0.1, 0.15) is 22.8 Å². The monoisotopic (exact) mass is 366 g/mol. The molecule has 24 heavy (non-hydrogen) atoms. The standard InChI is InChI=1S/C17H16Cl2N2O3/c1-11(16(22)21(2)10-12-6-4-3-5-7-12)24-17(23)13-8-14(18)15(19)20-9-13/h3-9,11H,10H2,1-2H3/t11-/m0/s1. The lowest BCUT2D eigenvalue weighted by atomic mass is 10.2. The van der Waals surface area contributed by atoms with E-state index in [2.05, 4.69) is 4.98 Å². The first-order valence-corrected chi connectivity index (χ1v) is 7.95. The molecular weight excluding hydrogens is 351 g/mol. The molecule has 1 heterocycles. The van der Waals surface area contributed by atoms with Crippen molar-refractivity contribution < 1.29 is 14.3 Å². The predicted octanol–water partition coefficient (Wildman–Crippen LogP) is 3.59. The Labute approximate surface area is 150 Å². The number of halogens is 2. The first-order chi connectivity index (χ1) is 11.4. The van der Waals surface area contributed by atoms with Gasteiger partial charge in [0.2, 0.25) is 0 Å². The molecule has 5 nitrogen and oxygen atoms in total. The van der Waals surface area contributed by atoms with E-state index in [1.54, 1.807) is 7.05 Å². The summed E-state index contributed by atoms with van der Waals surface area (Å²) in [4.78, 5) is 29.7. The molecule has 0 aliphatic rings. The van der Waals surface area contributed by atoms with Crippen molar-refractivity contribution in [1.29, 1.82) is 0 Å². The van der Waals surface area contributed by atoms with Gasteiger partial charge in [0.15, 0.2) is 6.10 Å². The Morgan fingerprint density at radius 3 is 2.54 bits per heavy atom. The Hall–Kier alpha value is -2.11. The highest BCUT2D eigenvalue weighted by Gasteiger charge is 2.22. The maximum atomic E-state index is 12.3. The molecule has 0 radical (unpaired) electrons. The molecule has 0 bridgehead atoms. The lowest BCUT2D eigenvalue weighted by molar-refractivity contribution is -0.139. The molecule has 1 atom stereocenters. The zero-order chi connectivity index (χ0) is 17.7. The highest BCUT2D eigenvalue weighted by molar-refractivity contribution is 6.41. The minimum absolute atomic E-state index is 0.0972. The number of benzene rings is 1. The smallest absolute Gasteiger partial charge is 0.340 e. The highest BCUT2D eigenvalue weighted by atomic mass is 35.5. The van der Waals surface area contributed by atoms with Crippen molar-refractivity contribution >= 4 is 35.1 Å². The van der Waals surface area contributed by atoms with Crippen LogP contribution in [-0.2, 0) is 16.1 Å². The zero-order valence-electron chi connectivity index (χ0n) is 13.2. The van der Waals surface area contributed by atoms with Crippen LogP contribution in [0.2, 0.25) is 10.2 Å². The topological polar surface area (TPSA) is 59.5 Å². The van der Waals surface area contributed by atoms with E-state index >= 15 is 0 Å². The van der Waals surface area contributed by atoms with Gasteiger partial charge in [-0.3, -0.25) is 4.79 Å². The van der Waals surface area contributed by atoms with Crippen LogP contribution in [0, 0.1) is 0 Å². The summed E-state index contributed by atoms with van der Waals surface area (Å²) < 4.78 is 5.18. The Morgan fingerprint density at radius 2 is 1.92 bits per heavy atom. The van der Waals surface area contributed by atoms with Gasteiger partial charge in [0, 0.05) is 19.8 Å². The Kier molecular flexibility index (Phi) is 6.17. The van der Waals surface area contributed by atoms with Crippen molar-refractivity contribution in [1.82, 2.24) is 9.88 Å². The van der Waals surface area contributed by atoms with E-state index < -0.39 is 12.1 Å². The van der Waals surface area contributed by atoms with Gasteiger partial charge in [-0.25, -0.2) is 9.78 Å². The van der Waals surface area contributed by atoms with Gasteiger partial charge in [0.25, 0.3) is 5.91 Å². The number of hydrogen-bond donors (Lipinski definition) is 0. The van der Waals surface area contributed by atoms with Gasteiger partial charge in [-0.2, -0.15) is 0 Å². The minimum Gasteiger partial charge on any atom is -0.449 e. The molecule has 0 aliphatic carbocycles. The summed E-state index contributed by atoms with van der Waals surface area (Å²) >= 11 is 11.5. The number of ether oxygens (including phenoxy) is 1. The summed E-state index contributed by atoms with van der Waals surface area (Å²) in [6, 6.07) is 10.9. The Balaban J connectivity index is 1.97. The second kappa shape index (κ2) is 8.13. The molecule has 2 aromatic rings. The average molecular weight is 367 g/mol. The van der Waals surface area contributed by atoms with Crippen molar-refractivity contribution in [3.63, 3.8) is 0 Å². The summed E-state index contributed by atoms with van der Waals surface area (Å²) in [6.07, 6.45) is 0.321. The van der Waals surface area contributed by atoms with Gasteiger partial charge in [-0.1, -0.05) is 53.5 Å². The quantitative estimate of drug-likeness (QED) is 0.599. The second-order valence-electron chi connectivity index (χ2n) is 5.22. The Bertz CT molecular complexity index is 738. The third-order valence-electron chi connectivity index (χ3n) is 3.30. The molecule has 0 spiro atoms. The number of esters is 1. The predicted molar refractivity (Wildman–Crippen MR) is 92.1 cm³/mol. The van der Waals surface area contributed by atoms with Crippen molar-refractivity contribution in [2.75, 3.05) is 7.05 Å². The normalized spacial score (nSPS) is 11.7. The fourth-order valence-corrected chi connectivity index (χ4v) is 2.33. The van der Waals surface area contributed by atoms with E-state index in [1.807, 2.05) is 30.3 Å². The number of nitrogens with zero attached hydrogens (tertiary/aromatic N) is 2. The zero-order valence-corrected chi connectivity index (χ0v) is 14.7. The number of pyridine rings is 1. The molecule has 126 valence electrons. The van der Waals surface area contributed by atoms with E-state index in [-0.39, 0.29) is 21.6 Å². The van der Waals surface area contributed by atoms with E-state index in [1.165, 1.54) is 24.1 Å². The number of hydrogen-bond acceptors (Lipinski definition) is 4. The average Bonchev–Trinajstić information content (AvgIpc) is 2.57. The molecule has 1 aromatic heterocycles. The largest absolute Gasteiger partial charge is 0.449 e. The number of carbonyl (C=O) groups is 2. The Morgan fingerprint density at radius 1 is 1.25 bits per heavy atom. The van der Waals surface area contributed by atoms with Crippen molar-refractivity contribution in [2.24, 2.45) is 0 Å². The van der Waals surface area contributed by atoms with Crippen LogP contribution in [0.25, 0.3) is 0 Å². The van der Waals surface area contributed by atoms with Crippen LogP contribution in [0.3, 0.4) is 0 Å². The van der Waals surface area contributed by atoms with E-state index in [0.29, 0.717) is 6.54 Å². The number of amides is 1. The first kappa shape index (κ1) is 18.2. The van der Waals surface area contributed by atoms with Gasteiger partial charge < -0.3 is 9.64 Å². The molecule has 0 saturated heterocycles. The van der Waals surface area contributed by atoms with Crippen molar-refractivity contribution in [3.05, 3.63) is 63.9 Å². The molecule has 0 unspecified atom stereocenters. The number of likely N-dealkylation sites (N-methyl/N-ethyl adjacent to an activating group) is 1. The molecular formula is C17H16Cl2N2O3. The van der Waals surface area contributed by atoms with Crippen LogP contribution in [-0.4, -0.2) is 34.9 Å². The molecule has 7 heteroatoms. The summed E-state index contributed by atoms with van der Waals surface area (Å²) in [5, 5.41) is 0.242. The maximum Gasteiger partial charge on any atom is 0.340 e. The molecule has 1 aromatic carbocycles. The number of aromatic nitrogens is 1. The molecule has 0 N–H and O–H groups in total. The van der Waals surface area contributed by atoms with Crippen LogP contribution in [0.5, 0.6) is 0 Å². The van der Waals surface area contributed by atoms with Gasteiger partial charge >= 0.3 is 5.97 Å². The number of carbonyl (C=O) groups excluding carboxylic acids is 2. The molecule has 0 fully saturated rings. The van der Waals surface area contributed by atoms with Gasteiger partial charge in [0.05, 0.1) is 10.6 Å². The summed E-state index contributed by atoms with van der Waals surface area (Å²) in [7, 11) is 1.65. The van der Waals surface area contributed by atoms with Gasteiger partial charge in [0.1, 0.15) is 5.15 Å². The summed E-state index contributed by atoms with van der Waals surface area (Å²) in [5.74, 6) is -0.991. The fraction of sp³-hybridized carbons (Fsp3) is 0.235. The highest BCUT2D eigenvalue weighted by Crippen LogP contribution is 2.20. The van der Waals surface area contributed by atoms with E-state index in [4.69, 9.17) is 27.9 Å². The second-order valence-corrected chi connectivity index (χ2v) is 5.99. The molecule has 0 saturated carbocycles. The van der Waals surface area contributed by atoms with Crippen LogP contribution in [0.15, 0.2) is 42.6 Å². The summed E-state index contributed by atoms with van der Waals surface area (Å²) in [6.45, 7) is 1.95. The van der Waals surface area contributed by atoms with Crippen LogP contribution >= 0.6 is 23.2 Å². The lowest BCUT2D eigenvalue weighted by Crippen LogP contribution is -2.37. The van der Waals surface area contributed by atoms with Gasteiger partial charge in [-0.05, 0) is 18.6 Å². The van der Waals surface area contributed by atoms with Crippen molar-refractivity contribution in [3.8, 4) is 0 Å². The van der Waals surface area contributed by atoms with Crippen LogP contribution in [0.4, 0.5) is 0 Å². The third kappa shape index (κ3) is 4.69. The van der Waals surface area contributed by atoms with E-state index in [0.717, 1.165) is 5.56 Å². The summed E-state index contributed by atoms with van der Waals surface area (Å²) in [5.41, 5.74) is 1.12. The van der Waals surface area contributed by atoms with E-state index in [9.17, 15) is 9.59 Å². The fourth-order valence-electron chi connectivity index (χ4n) is 2.06. The minimum atomic E-state index is -0.930. The maximum absolute atomic E-state index is 12.3. The number of rotatable bonds is 5. The SMILES string of the molecule is C[C@H](OC(=O)c1cnc(Cl)c(Cl)c1)C(=O)N(C)Cc1ccccc1. The van der Waals surface area contributed by atoms with Gasteiger partial charge in [-0.15, -0.1) is 0 Å². The molecule has 1 amide bonds. The third-order valence-corrected chi connectivity index (χ3v) is 3.99.